The molecule has 4 heteroatoms. The maximum Gasteiger partial charge on any atom is 0.150 e. The van der Waals surface area contributed by atoms with Gasteiger partial charge in [-0.2, -0.15) is 0 Å². The average molecular weight is 441 g/mol. The Morgan fingerprint density at radius 1 is 0.714 bits per heavy atom. The molecule has 0 spiro atoms. The van der Waals surface area contributed by atoms with Crippen molar-refractivity contribution in [3.63, 3.8) is 0 Å². The highest BCUT2D eigenvalue weighted by Crippen LogP contribution is 2.47. The molecule has 0 aliphatic heterocycles. The first kappa shape index (κ1) is 20.4. The molecule has 146 valence electrons. The molecule has 0 heterocycles. The van der Waals surface area contributed by atoms with Gasteiger partial charge in [-0.25, -0.2) is 0 Å². The Morgan fingerprint density at radius 2 is 1.21 bits per heavy atom. The molecule has 0 aliphatic carbocycles. The molecule has 0 amide bonds. The predicted octanol–water partition coefficient (Wildman–Crippen LogP) is 5.80. The summed E-state index contributed by atoms with van der Waals surface area (Å²) in [6.45, 7) is 0.580. The highest BCUT2D eigenvalue weighted by atomic mass is 79.9. The summed E-state index contributed by atoms with van der Waals surface area (Å²) in [7, 11) is 3.38. The molecule has 0 aromatic heterocycles. The van der Waals surface area contributed by atoms with Gasteiger partial charge in [0.05, 0.1) is 14.2 Å². The van der Waals surface area contributed by atoms with E-state index < -0.39 is 5.60 Å². The Kier molecular flexibility index (Phi) is 7.12. The third kappa shape index (κ3) is 3.94. The minimum Gasteiger partial charge on any atom is -0.496 e. The van der Waals surface area contributed by atoms with Crippen LogP contribution in [0.2, 0.25) is 0 Å². The van der Waals surface area contributed by atoms with Crippen molar-refractivity contribution < 1.29 is 14.2 Å². The maximum atomic E-state index is 6.72. The van der Waals surface area contributed by atoms with E-state index in [2.05, 4.69) is 40.2 Å². The second-order valence-electron chi connectivity index (χ2n) is 6.34. The molecule has 0 aliphatic rings. The number of rotatable bonds is 9. The number of para-hydroxylation sites is 2. The van der Waals surface area contributed by atoms with Crippen LogP contribution in [0, 0.1) is 0 Å². The lowest BCUT2D eigenvalue weighted by atomic mass is 9.79. The smallest absolute Gasteiger partial charge is 0.150 e. The molecular weight excluding hydrogens is 416 g/mol. The number of methoxy groups -OCH3 is 2. The molecule has 0 N–H and O–H groups in total. The van der Waals surface area contributed by atoms with Crippen LogP contribution >= 0.6 is 15.9 Å². The first-order valence-corrected chi connectivity index (χ1v) is 10.4. The van der Waals surface area contributed by atoms with E-state index in [9.17, 15) is 0 Å². The Hall–Kier alpha value is -2.30. The molecule has 0 bridgehead atoms. The minimum atomic E-state index is -0.858. The number of alkyl halides is 1. The molecule has 0 radical (unpaired) electrons. The van der Waals surface area contributed by atoms with E-state index in [4.69, 9.17) is 14.2 Å². The van der Waals surface area contributed by atoms with Crippen LogP contribution < -0.4 is 9.47 Å². The van der Waals surface area contributed by atoms with E-state index in [1.54, 1.807) is 14.2 Å². The van der Waals surface area contributed by atoms with Crippen LogP contribution in [0.5, 0.6) is 11.5 Å². The number of benzene rings is 3. The van der Waals surface area contributed by atoms with Gasteiger partial charge < -0.3 is 14.2 Å². The summed E-state index contributed by atoms with van der Waals surface area (Å²) < 4.78 is 18.2. The van der Waals surface area contributed by atoms with Crippen molar-refractivity contribution in [1.29, 1.82) is 0 Å². The fraction of sp³-hybridized carbons (Fsp3) is 0.250. The summed E-state index contributed by atoms with van der Waals surface area (Å²) in [6, 6.07) is 26.3. The molecule has 3 aromatic carbocycles. The van der Waals surface area contributed by atoms with E-state index >= 15 is 0 Å². The van der Waals surface area contributed by atoms with Crippen molar-refractivity contribution in [2.24, 2.45) is 0 Å². The molecule has 3 rings (SSSR count). The quantitative estimate of drug-likeness (QED) is 0.239. The first-order valence-electron chi connectivity index (χ1n) is 9.30. The van der Waals surface area contributed by atoms with Crippen LogP contribution in [0.25, 0.3) is 0 Å². The Morgan fingerprint density at radius 3 is 1.71 bits per heavy atom. The zero-order valence-electron chi connectivity index (χ0n) is 16.2. The van der Waals surface area contributed by atoms with Crippen molar-refractivity contribution in [2.75, 3.05) is 26.2 Å². The molecule has 0 fully saturated rings. The van der Waals surface area contributed by atoms with Crippen molar-refractivity contribution in [1.82, 2.24) is 0 Å². The zero-order chi connectivity index (χ0) is 19.8. The van der Waals surface area contributed by atoms with E-state index in [1.165, 1.54) is 0 Å². The van der Waals surface area contributed by atoms with Gasteiger partial charge in [0, 0.05) is 23.1 Å². The lowest BCUT2D eigenvalue weighted by Crippen LogP contribution is -2.34. The van der Waals surface area contributed by atoms with Gasteiger partial charge in [0.1, 0.15) is 11.5 Å². The summed E-state index contributed by atoms with van der Waals surface area (Å²) in [5, 5.41) is 0.871. The largest absolute Gasteiger partial charge is 0.496 e. The molecule has 0 saturated carbocycles. The molecule has 3 aromatic rings. The number of hydrogen-bond acceptors (Lipinski definition) is 3. The van der Waals surface area contributed by atoms with Crippen LogP contribution in [-0.2, 0) is 10.3 Å². The Bertz CT molecular complexity index is 832. The first-order chi connectivity index (χ1) is 13.8. The van der Waals surface area contributed by atoms with Gasteiger partial charge >= 0.3 is 0 Å². The normalized spacial score (nSPS) is 11.2. The van der Waals surface area contributed by atoms with Gasteiger partial charge in [-0.3, -0.25) is 0 Å². The topological polar surface area (TPSA) is 27.7 Å². The Balaban J connectivity index is 2.35. The minimum absolute atomic E-state index is 0.580. The second-order valence-corrected chi connectivity index (χ2v) is 7.13. The second kappa shape index (κ2) is 9.76. The van der Waals surface area contributed by atoms with Crippen molar-refractivity contribution in [3.05, 3.63) is 95.6 Å². The van der Waals surface area contributed by atoms with E-state index in [-0.39, 0.29) is 0 Å². The van der Waals surface area contributed by atoms with Gasteiger partial charge in [0.15, 0.2) is 5.60 Å². The molecule has 28 heavy (non-hydrogen) atoms. The fourth-order valence-corrected chi connectivity index (χ4v) is 3.75. The van der Waals surface area contributed by atoms with Crippen LogP contribution in [-0.4, -0.2) is 26.2 Å². The molecule has 0 saturated heterocycles. The zero-order valence-corrected chi connectivity index (χ0v) is 17.8. The van der Waals surface area contributed by atoms with E-state index in [0.29, 0.717) is 6.61 Å². The summed E-state index contributed by atoms with van der Waals surface area (Å²) >= 11 is 3.51. The highest BCUT2D eigenvalue weighted by molar-refractivity contribution is 9.09. The third-order valence-corrected chi connectivity index (χ3v) is 5.31. The van der Waals surface area contributed by atoms with E-state index in [0.717, 1.165) is 39.9 Å². The standard InChI is InChI=1S/C24H25BrO3/c1-26-22-15-8-6-13-20(22)24(28-18-10-17-25,19-11-4-3-5-12-19)21-14-7-9-16-23(21)27-2/h3-9,11-16H,10,17-18H2,1-2H3. The van der Waals surface area contributed by atoms with Crippen LogP contribution in [0.4, 0.5) is 0 Å². The average Bonchev–Trinajstić information content (AvgIpc) is 2.77. The van der Waals surface area contributed by atoms with Crippen LogP contribution in [0.15, 0.2) is 78.9 Å². The summed E-state index contributed by atoms with van der Waals surface area (Å²) in [6.07, 6.45) is 0.888. The van der Waals surface area contributed by atoms with Gasteiger partial charge in [-0.1, -0.05) is 82.7 Å². The van der Waals surface area contributed by atoms with Gasteiger partial charge in [-0.15, -0.1) is 0 Å². The fourth-order valence-electron chi connectivity index (χ4n) is 3.52. The third-order valence-electron chi connectivity index (χ3n) is 4.75. The van der Waals surface area contributed by atoms with Gasteiger partial charge in [-0.05, 0) is 24.1 Å². The molecular formula is C24H25BrO3. The summed E-state index contributed by atoms with van der Waals surface area (Å²) in [5.41, 5.74) is 2.06. The molecule has 0 atom stereocenters. The van der Waals surface area contributed by atoms with Crippen molar-refractivity contribution in [3.8, 4) is 11.5 Å². The highest BCUT2D eigenvalue weighted by Gasteiger charge is 2.41. The van der Waals surface area contributed by atoms with Crippen molar-refractivity contribution in [2.45, 2.75) is 12.0 Å². The van der Waals surface area contributed by atoms with Crippen LogP contribution in [0.1, 0.15) is 23.1 Å². The number of ether oxygens (including phenoxy) is 3. The molecule has 3 nitrogen and oxygen atoms in total. The molecule has 0 unspecified atom stereocenters. The maximum absolute atomic E-state index is 6.72. The van der Waals surface area contributed by atoms with Crippen LogP contribution in [0.3, 0.4) is 0 Å². The number of halogens is 1. The van der Waals surface area contributed by atoms with E-state index in [1.807, 2.05) is 54.6 Å². The summed E-state index contributed by atoms with van der Waals surface area (Å²) in [4.78, 5) is 0. The predicted molar refractivity (Wildman–Crippen MR) is 117 cm³/mol. The SMILES string of the molecule is COc1ccccc1C(OCCCBr)(c1ccccc1)c1ccccc1OC. The monoisotopic (exact) mass is 440 g/mol. The lowest BCUT2D eigenvalue weighted by molar-refractivity contribution is 0.0107. The number of hydrogen-bond donors (Lipinski definition) is 0. The Labute approximate surface area is 175 Å². The lowest BCUT2D eigenvalue weighted by Gasteiger charge is -2.37. The summed E-state index contributed by atoms with van der Waals surface area (Å²) in [5.74, 6) is 1.55. The van der Waals surface area contributed by atoms with Gasteiger partial charge in [0.2, 0.25) is 0 Å². The van der Waals surface area contributed by atoms with Crippen molar-refractivity contribution >= 4 is 15.9 Å². The van der Waals surface area contributed by atoms with Gasteiger partial charge in [0.25, 0.3) is 0 Å².